The van der Waals surface area contributed by atoms with Gasteiger partial charge in [-0.1, -0.05) is 115 Å². The number of nitrogens with one attached hydrogen (secondary N) is 4. The Kier molecular flexibility index (Phi) is 22.5. The summed E-state index contributed by atoms with van der Waals surface area (Å²) in [5.41, 5.74) is 33.5. The molecule has 4 spiro atoms. The molecule has 8 aromatic carbocycles. The van der Waals surface area contributed by atoms with Crippen molar-refractivity contribution in [2.45, 2.75) is 169 Å². The average Bonchev–Trinajstić information content (AvgIpc) is 1.62. The molecule has 0 aromatic heterocycles. The maximum absolute atomic E-state index is 13.1. The minimum atomic E-state index is -0.188. The van der Waals surface area contributed by atoms with E-state index in [9.17, 15) is 22.4 Å². The van der Waals surface area contributed by atoms with Gasteiger partial charge in [0.15, 0.2) is 5.78 Å². The summed E-state index contributed by atoms with van der Waals surface area (Å²) in [7, 11) is 0. The van der Waals surface area contributed by atoms with E-state index in [0.29, 0.717) is 6.42 Å². The second-order valence-electron chi connectivity index (χ2n) is 29.9. The monoisotopic (exact) mass is 1360 g/mol. The third kappa shape index (κ3) is 17.9. The lowest BCUT2D eigenvalue weighted by atomic mass is 9.83. The first-order valence-corrected chi connectivity index (χ1v) is 36.7. The predicted molar refractivity (Wildman–Crippen MR) is 397 cm³/mol. The predicted octanol–water partition coefficient (Wildman–Crippen LogP) is 16.4. The maximum Gasteiger partial charge on any atom is 0.165 e. The van der Waals surface area contributed by atoms with Crippen LogP contribution in [0.5, 0.6) is 0 Å². The van der Waals surface area contributed by atoms with E-state index in [-0.39, 0.29) is 69.3 Å². The second kappa shape index (κ2) is 31.9. The van der Waals surface area contributed by atoms with Crippen LogP contribution in [0, 0.1) is 23.3 Å². The normalized spacial score (nSPS) is 22.1. The molecular formula is C84H101F4N11O. The van der Waals surface area contributed by atoms with Gasteiger partial charge in [0.2, 0.25) is 0 Å². The molecule has 100 heavy (non-hydrogen) atoms. The largest absolute Gasteiger partial charge is 0.379 e. The van der Waals surface area contributed by atoms with Gasteiger partial charge < -0.3 is 38.5 Å². The number of benzene rings is 8. The molecule has 1 unspecified atom stereocenters. The topological polar surface area (TPSA) is 156 Å². The van der Waals surface area contributed by atoms with Gasteiger partial charge in [-0.3, -0.25) is 24.4 Å². The Morgan fingerprint density at radius 1 is 0.310 bits per heavy atom. The molecule has 526 valence electrons. The van der Waals surface area contributed by atoms with Gasteiger partial charge in [0.05, 0.1) is 0 Å². The first-order valence-electron chi connectivity index (χ1n) is 36.7. The summed E-state index contributed by atoms with van der Waals surface area (Å²) in [6, 6.07) is 61.0. The van der Waals surface area contributed by atoms with Gasteiger partial charge in [-0.2, -0.15) is 0 Å². The zero-order chi connectivity index (χ0) is 69.1. The van der Waals surface area contributed by atoms with Crippen LogP contribution in [0.2, 0.25) is 0 Å². The van der Waals surface area contributed by atoms with Crippen molar-refractivity contribution < 1.29 is 22.4 Å². The van der Waals surface area contributed by atoms with Gasteiger partial charge >= 0.3 is 0 Å². The second-order valence-corrected chi connectivity index (χ2v) is 29.9. The number of carbonyl (C=O) groups excluding carboxylic acids is 1. The number of Topliss-reactive ketones (excluding diaryl/α,β-unsaturated/α-hetero) is 1. The minimum absolute atomic E-state index is 0.0154. The van der Waals surface area contributed by atoms with E-state index in [0.717, 1.165) is 192 Å². The number of para-hydroxylation sites is 4. The van der Waals surface area contributed by atoms with Gasteiger partial charge in [-0.25, -0.2) is 17.6 Å². The number of hydrogen-bond donors (Lipinski definition) is 7. The Bertz CT molecular complexity index is 3650. The van der Waals surface area contributed by atoms with E-state index in [1.54, 1.807) is 36.4 Å². The fourth-order valence-electron chi connectivity index (χ4n) is 16.7. The zero-order valence-electron chi connectivity index (χ0n) is 57.9. The molecular weight excluding hydrogens is 1250 g/mol. The molecule has 0 saturated carbocycles. The number of carbonyl (C=O) groups is 1. The SMILES string of the molecule is NC1CCC2(CCN(Cc3ccc(F)cc3)CC2)Nc2ccccc21.N[C@@H]1CCC2(CCN(Cc3ccc(F)cc3)CC2)Nc2ccccc21.N[C@H]1CCC2(CCN(Cc3ccc(F)cc3)CC2)Nc2ccccc21.O=C1CCC2(CCN(Cc3ccc(F)cc3)CC2)Nc2ccccc21. The van der Waals surface area contributed by atoms with Crippen LogP contribution in [0.3, 0.4) is 0 Å². The van der Waals surface area contributed by atoms with Crippen molar-refractivity contribution in [1.29, 1.82) is 0 Å². The van der Waals surface area contributed by atoms with E-state index >= 15 is 0 Å². The number of likely N-dealkylation sites (tertiary alicyclic amines) is 4. The summed E-state index contributed by atoms with van der Waals surface area (Å²) in [5.74, 6) is -0.446. The summed E-state index contributed by atoms with van der Waals surface area (Å²) in [6.07, 6.45) is 16.7. The number of ketones is 1. The van der Waals surface area contributed by atoms with E-state index in [1.807, 2.05) is 72.8 Å². The van der Waals surface area contributed by atoms with Crippen LogP contribution in [0.4, 0.5) is 40.3 Å². The van der Waals surface area contributed by atoms with Crippen LogP contribution < -0.4 is 38.5 Å². The number of piperidine rings is 4. The molecule has 4 saturated heterocycles. The number of nitrogens with two attached hydrogens (primary N) is 3. The molecule has 3 atom stereocenters. The lowest BCUT2D eigenvalue weighted by molar-refractivity contribution is 0.0964. The molecule has 8 aliphatic rings. The quantitative estimate of drug-likeness (QED) is 0.0724. The fourth-order valence-corrected chi connectivity index (χ4v) is 16.7. The van der Waals surface area contributed by atoms with Gasteiger partial charge in [0.1, 0.15) is 23.3 Å². The van der Waals surface area contributed by atoms with Crippen LogP contribution in [0.1, 0.15) is 170 Å². The van der Waals surface area contributed by atoms with Crippen LogP contribution >= 0.6 is 0 Å². The molecule has 12 nitrogen and oxygen atoms in total. The molecule has 10 N–H and O–H groups in total. The van der Waals surface area contributed by atoms with Crippen molar-refractivity contribution in [3.63, 3.8) is 0 Å². The van der Waals surface area contributed by atoms with Crippen LogP contribution in [0.25, 0.3) is 0 Å². The Balaban J connectivity index is 0.000000119. The fraction of sp³-hybridized carbons (Fsp3) is 0.417. The molecule has 8 heterocycles. The Morgan fingerprint density at radius 3 is 0.840 bits per heavy atom. The number of hydrogen-bond acceptors (Lipinski definition) is 12. The van der Waals surface area contributed by atoms with Gasteiger partial charge in [-0.05, 0) is 214 Å². The number of rotatable bonds is 8. The van der Waals surface area contributed by atoms with E-state index < -0.39 is 0 Å². The number of halogens is 4. The van der Waals surface area contributed by atoms with Gasteiger partial charge in [-0.15, -0.1) is 0 Å². The Labute approximate surface area is 589 Å². The molecule has 0 radical (unpaired) electrons. The maximum atomic E-state index is 13.1. The highest BCUT2D eigenvalue weighted by Gasteiger charge is 2.42. The molecule has 8 aromatic rings. The summed E-state index contributed by atoms with van der Waals surface area (Å²) >= 11 is 0. The van der Waals surface area contributed by atoms with E-state index in [1.165, 1.54) is 62.6 Å². The Morgan fingerprint density at radius 2 is 0.550 bits per heavy atom. The van der Waals surface area contributed by atoms with Crippen LogP contribution in [-0.4, -0.2) is 99.9 Å². The number of fused-ring (bicyclic) bond motifs is 4. The first kappa shape index (κ1) is 70.5. The van der Waals surface area contributed by atoms with Gasteiger partial charge in [0.25, 0.3) is 0 Å². The highest BCUT2D eigenvalue weighted by atomic mass is 19.1. The summed E-state index contributed by atoms with van der Waals surface area (Å²) < 4.78 is 52.2. The summed E-state index contributed by atoms with van der Waals surface area (Å²) in [5, 5.41) is 15.2. The number of anilines is 4. The van der Waals surface area contributed by atoms with Crippen molar-refractivity contribution in [1.82, 2.24) is 19.6 Å². The van der Waals surface area contributed by atoms with Crippen LogP contribution in [-0.2, 0) is 26.2 Å². The smallest absolute Gasteiger partial charge is 0.165 e. The molecule has 4 fully saturated rings. The van der Waals surface area contributed by atoms with Crippen molar-refractivity contribution in [2.24, 2.45) is 17.2 Å². The van der Waals surface area contributed by atoms with Crippen molar-refractivity contribution in [3.8, 4) is 0 Å². The summed E-state index contributed by atoms with van der Waals surface area (Å²) in [4.78, 5) is 22.2. The third-order valence-electron chi connectivity index (χ3n) is 23.1. The highest BCUT2D eigenvalue weighted by molar-refractivity contribution is 6.02. The standard InChI is InChI=1S/3C21H26FN3.C21H23FN2O/c3*22-17-7-5-16(6-8-17)15-25-13-11-21(12-14-25)10-9-19(23)18-3-1-2-4-20(18)24-21;22-17-7-5-16(6-8-17)15-24-13-11-21(12-14-24)10-9-20(25)18-3-1-2-4-19(18)23-21/h3*1-8,19,24H,9-15,23H2;1-8,23H,9-15H2/t2*19-;;/m10../s1. The summed E-state index contributed by atoms with van der Waals surface area (Å²) in [6.45, 7) is 11.9. The molecule has 8 aliphatic heterocycles. The van der Waals surface area contributed by atoms with E-state index in [4.69, 9.17) is 17.2 Å². The van der Waals surface area contributed by atoms with E-state index in [2.05, 4.69) is 114 Å². The van der Waals surface area contributed by atoms with Crippen molar-refractivity contribution >= 4 is 28.5 Å². The molecule has 16 heteroatoms. The molecule has 0 aliphatic carbocycles. The lowest BCUT2D eigenvalue weighted by Crippen LogP contribution is -2.48. The zero-order valence-corrected chi connectivity index (χ0v) is 57.9. The van der Waals surface area contributed by atoms with Crippen molar-refractivity contribution in [2.75, 3.05) is 73.6 Å². The highest BCUT2D eigenvalue weighted by Crippen LogP contribution is 2.44. The molecule has 16 rings (SSSR count). The Hall–Kier alpha value is -7.93. The number of nitrogens with zero attached hydrogens (tertiary/aromatic N) is 4. The van der Waals surface area contributed by atoms with Gasteiger partial charge in [0, 0.05) is 154 Å². The molecule has 0 amide bonds. The third-order valence-corrected chi connectivity index (χ3v) is 23.1. The minimum Gasteiger partial charge on any atom is -0.379 e. The van der Waals surface area contributed by atoms with Crippen LogP contribution in [0.15, 0.2) is 194 Å². The molecule has 0 bridgehead atoms. The first-order chi connectivity index (χ1) is 48.5. The average molecular weight is 1360 g/mol. The van der Waals surface area contributed by atoms with Crippen molar-refractivity contribution in [3.05, 3.63) is 262 Å². The lowest BCUT2D eigenvalue weighted by Gasteiger charge is -2.42.